The number of fused-ring (bicyclic) bond motifs is 1. The molecule has 5 heteroatoms. The monoisotopic (exact) mass is 245 g/mol. The number of benzene rings is 1. The fourth-order valence-corrected chi connectivity index (χ4v) is 1.73. The van der Waals surface area contributed by atoms with E-state index >= 15 is 0 Å². The maximum absolute atomic E-state index is 11.3. The van der Waals surface area contributed by atoms with Gasteiger partial charge in [0.25, 0.3) is 0 Å². The second kappa shape index (κ2) is 5.35. The van der Waals surface area contributed by atoms with E-state index in [2.05, 4.69) is 10.3 Å². The third-order valence-electron chi connectivity index (χ3n) is 2.59. The Kier molecular flexibility index (Phi) is 3.62. The zero-order valence-corrected chi connectivity index (χ0v) is 10.1. The number of nitrogens with one attached hydrogen (secondary N) is 1. The maximum Gasteiger partial charge on any atom is 0.325 e. The number of ether oxygens (including phenoxy) is 1. The number of rotatable bonds is 4. The first-order valence-corrected chi connectivity index (χ1v) is 5.74. The van der Waals surface area contributed by atoms with Gasteiger partial charge in [-0.3, -0.25) is 9.78 Å². The third kappa shape index (κ3) is 2.51. The van der Waals surface area contributed by atoms with Crippen molar-refractivity contribution in [1.29, 1.82) is 0 Å². The Morgan fingerprint density at radius 1 is 1.44 bits per heavy atom. The van der Waals surface area contributed by atoms with Crippen molar-refractivity contribution in [1.82, 2.24) is 4.98 Å². The minimum absolute atomic E-state index is 0.106. The number of anilines is 2. The highest BCUT2D eigenvalue weighted by molar-refractivity contribution is 5.98. The van der Waals surface area contributed by atoms with Crippen LogP contribution in [-0.4, -0.2) is 24.1 Å². The smallest absolute Gasteiger partial charge is 0.325 e. The summed E-state index contributed by atoms with van der Waals surface area (Å²) in [6.07, 6.45) is 3.44. The molecule has 0 saturated carbocycles. The van der Waals surface area contributed by atoms with E-state index in [-0.39, 0.29) is 12.5 Å². The van der Waals surface area contributed by atoms with E-state index in [4.69, 9.17) is 10.5 Å². The van der Waals surface area contributed by atoms with Crippen LogP contribution in [0, 0.1) is 0 Å². The normalized spacial score (nSPS) is 10.3. The molecule has 0 saturated heterocycles. The summed E-state index contributed by atoms with van der Waals surface area (Å²) in [4.78, 5) is 15.3. The van der Waals surface area contributed by atoms with Crippen LogP contribution in [0.3, 0.4) is 0 Å². The highest BCUT2D eigenvalue weighted by atomic mass is 16.5. The Morgan fingerprint density at radius 2 is 2.28 bits per heavy atom. The van der Waals surface area contributed by atoms with Gasteiger partial charge in [-0.15, -0.1) is 0 Å². The third-order valence-corrected chi connectivity index (χ3v) is 2.59. The molecular weight excluding hydrogens is 230 g/mol. The molecule has 0 aliphatic carbocycles. The van der Waals surface area contributed by atoms with Crippen molar-refractivity contribution in [3.05, 3.63) is 30.6 Å². The Balaban J connectivity index is 2.19. The lowest BCUT2D eigenvalue weighted by molar-refractivity contribution is -0.140. The van der Waals surface area contributed by atoms with Crippen LogP contribution in [0.4, 0.5) is 11.4 Å². The molecule has 0 spiro atoms. The Hall–Kier alpha value is -2.30. The van der Waals surface area contributed by atoms with Gasteiger partial charge in [-0.1, -0.05) is 6.07 Å². The predicted molar refractivity (Wildman–Crippen MR) is 71.3 cm³/mol. The van der Waals surface area contributed by atoms with Crippen LogP contribution in [0.25, 0.3) is 10.8 Å². The number of hydrogen-bond acceptors (Lipinski definition) is 5. The van der Waals surface area contributed by atoms with Gasteiger partial charge in [-0.2, -0.15) is 0 Å². The average Bonchev–Trinajstić information content (AvgIpc) is 2.39. The van der Waals surface area contributed by atoms with Crippen molar-refractivity contribution in [2.45, 2.75) is 6.92 Å². The van der Waals surface area contributed by atoms with E-state index < -0.39 is 0 Å². The summed E-state index contributed by atoms with van der Waals surface area (Å²) in [5.74, 6) is -0.299. The van der Waals surface area contributed by atoms with Crippen LogP contribution in [-0.2, 0) is 9.53 Å². The fraction of sp³-hybridized carbons (Fsp3) is 0.231. The molecule has 1 heterocycles. The van der Waals surface area contributed by atoms with Crippen molar-refractivity contribution in [3.8, 4) is 0 Å². The fourth-order valence-electron chi connectivity index (χ4n) is 1.73. The van der Waals surface area contributed by atoms with Crippen molar-refractivity contribution in [2.75, 3.05) is 24.2 Å². The molecule has 94 valence electrons. The lowest BCUT2D eigenvalue weighted by Crippen LogP contribution is -2.17. The number of carbonyl (C=O) groups excluding carboxylic acids is 1. The maximum atomic E-state index is 11.3. The van der Waals surface area contributed by atoms with Gasteiger partial charge in [0.05, 0.1) is 18.0 Å². The number of esters is 1. The van der Waals surface area contributed by atoms with Crippen molar-refractivity contribution in [3.63, 3.8) is 0 Å². The molecule has 0 aliphatic rings. The minimum atomic E-state index is -0.299. The number of carbonyl (C=O) groups is 1. The summed E-state index contributed by atoms with van der Waals surface area (Å²) < 4.78 is 4.84. The zero-order chi connectivity index (χ0) is 13.0. The van der Waals surface area contributed by atoms with Gasteiger partial charge < -0.3 is 15.8 Å². The molecule has 0 radical (unpaired) electrons. The van der Waals surface area contributed by atoms with Gasteiger partial charge in [0.2, 0.25) is 0 Å². The molecule has 0 unspecified atom stereocenters. The van der Waals surface area contributed by atoms with Gasteiger partial charge in [0, 0.05) is 23.2 Å². The summed E-state index contributed by atoms with van der Waals surface area (Å²) in [6, 6.07) is 5.59. The molecule has 0 bridgehead atoms. The molecule has 3 N–H and O–H groups in total. The van der Waals surface area contributed by atoms with Crippen LogP contribution in [0.5, 0.6) is 0 Å². The van der Waals surface area contributed by atoms with Gasteiger partial charge in [-0.05, 0) is 19.1 Å². The molecular formula is C13H15N3O2. The molecule has 2 rings (SSSR count). The Bertz CT molecular complexity index is 569. The highest BCUT2D eigenvalue weighted by Gasteiger charge is 2.06. The summed E-state index contributed by atoms with van der Waals surface area (Å²) in [5, 5.41) is 4.85. The second-order valence-electron chi connectivity index (χ2n) is 3.78. The number of aromatic nitrogens is 1. The molecule has 1 aromatic carbocycles. The first kappa shape index (κ1) is 12.2. The Labute approximate surface area is 105 Å². The molecule has 0 aliphatic heterocycles. The molecule has 0 atom stereocenters. The molecule has 2 aromatic rings. The molecule has 5 nitrogen and oxygen atoms in total. The first-order chi connectivity index (χ1) is 8.72. The standard InChI is InChI=1S/C13H15N3O2/c1-2-18-12(17)8-16-11-4-3-9-7-15-6-5-10(9)13(11)14/h3-7,16H,2,8,14H2,1H3. The van der Waals surface area contributed by atoms with Gasteiger partial charge in [0.1, 0.15) is 6.54 Å². The van der Waals surface area contributed by atoms with Crippen LogP contribution < -0.4 is 11.1 Å². The van der Waals surface area contributed by atoms with Gasteiger partial charge in [-0.25, -0.2) is 0 Å². The first-order valence-electron chi connectivity index (χ1n) is 5.74. The highest BCUT2D eigenvalue weighted by Crippen LogP contribution is 2.27. The van der Waals surface area contributed by atoms with E-state index in [9.17, 15) is 4.79 Å². The zero-order valence-electron chi connectivity index (χ0n) is 10.1. The van der Waals surface area contributed by atoms with Crippen LogP contribution in [0.2, 0.25) is 0 Å². The van der Waals surface area contributed by atoms with Gasteiger partial charge in [0.15, 0.2) is 0 Å². The summed E-state index contributed by atoms with van der Waals surface area (Å²) in [5.41, 5.74) is 7.37. The second-order valence-corrected chi connectivity index (χ2v) is 3.78. The van der Waals surface area contributed by atoms with Crippen molar-refractivity contribution in [2.24, 2.45) is 0 Å². The van der Waals surface area contributed by atoms with E-state index in [0.717, 1.165) is 16.5 Å². The number of nitrogens with zero attached hydrogens (tertiary/aromatic N) is 1. The average molecular weight is 245 g/mol. The lowest BCUT2D eigenvalue weighted by Gasteiger charge is -2.10. The van der Waals surface area contributed by atoms with Crippen LogP contribution in [0.15, 0.2) is 30.6 Å². The lowest BCUT2D eigenvalue weighted by atomic mass is 10.1. The minimum Gasteiger partial charge on any atom is -0.465 e. The van der Waals surface area contributed by atoms with Gasteiger partial charge >= 0.3 is 5.97 Å². The summed E-state index contributed by atoms with van der Waals surface area (Å²) >= 11 is 0. The molecule has 18 heavy (non-hydrogen) atoms. The molecule has 0 amide bonds. The molecule has 1 aromatic heterocycles. The van der Waals surface area contributed by atoms with E-state index in [1.54, 1.807) is 19.3 Å². The van der Waals surface area contributed by atoms with E-state index in [1.807, 2.05) is 18.2 Å². The topological polar surface area (TPSA) is 77.2 Å². The predicted octanol–water partition coefficient (Wildman–Crippen LogP) is 1.79. The molecule has 0 fully saturated rings. The Morgan fingerprint density at radius 3 is 3.06 bits per heavy atom. The van der Waals surface area contributed by atoms with Crippen molar-refractivity contribution >= 4 is 28.1 Å². The van der Waals surface area contributed by atoms with Crippen LogP contribution in [0.1, 0.15) is 6.92 Å². The number of pyridine rings is 1. The number of nitrogens with two attached hydrogens (primary N) is 1. The summed E-state index contributed by atoms with van der Waals surface area (Å²) in [7, 11) is 0. The van der Waals surface area contributed by atoms with Crippen molar-refractivity contribution < 1.29 is 9.53 Å². The quantitative estimate of drug-likeness (QED) is 0.634. The number of nitrogen functional groups attached to an aromatic ring is 1. The SMILES string of the molecule is CCOC(=O)CNc1ccc2cnccc2c1N. The number of hydrogen-bond donors (Lipinski definition) is 2. The largest absolute Gasteiger partial charge is 0.465 e. The van der Waals surface area contributed by atoms with E-state index in [0.29, 0.717) is 12.3 Å². The van der Waals surface area contributed by atoms with Crippen LogP contribution >= 0.6 is 0 Å². The van der Waals surface area contributed by atoms with E-state index in [1.165, 1.54) is 0 Å². The summed E-state index contributed by atoms with van der Waals surface area (Å²) in [6.45, 7) is 2.25.